The molecule has 1 aromatic carbocycles. The zero-order chi connectivity index (χ0) is 23.5. The molecule has 3 rings (SSSR count). The molecule has 0 aliphatic heterocycles. The van der Waals surface area contributed by atoms with E-state index in [9.17, 15) is 22.0 Å². The van der Waals surface area contributed by atoms with Gasteiger partial charge < -0.3 is 15.7 Å². The Balaban J connectivity index is 1.75. The molecular weight excluding hydrogens is 450 g/mol. The van der Waals surface area contributed by atoms with Gasteiger partial charge in [-0.2, -0.15) is 22.0 Å². The summed E-state index contributed by atoms with van der Waals surface area (Å²) in [5.74, 6) is 4.98. The highest BCUT2D eigenvalue weighted by Gasteiger charge is 2.36. The van der Waals surface area contributed by atoms with E-state index in [1.165, 1.54) is 39.7 Å². The fraction of sp³-hybridized carbons (Fsp3) is 0.200. The predicted molar refractivity (Wildman–Crippen MR) is 114 cm³/mol. The first-order valence-corrected chi connectivity index (χ1v) is 9.85. The lowest BCUT2D eigenvalue weighted by molar-refractivity contribution is -0.0961. The summed E-state index contributed by atoms with van der Waals surface area (Å²) >= 11 is 0. The highest BCUT2D eigenvalue weighted by atomic mass is 31.0. The second-order valence-corrected chi connectivity index (χ2v) is 7.65. The van der Waals surface area contributed by atoms with Crippen molar-refractivity contribution in [3.05, 3.63) is 77.5 Å². The van der Waals surface area contributed by atoms with E-state index in [4.69, 9.17) is 11.6 Å². The van der Waals surface area contributed by atoms with Gasteiger partial charge in [-0.3, -0.25) is 10.8 Å². The van der Waals surface area contributed by atoms with Gasteiger partial charge in [-0.1, -0.05) is 33.5 Å². The van der Waals surface area contributed by atoms with Crippen LogP contribution >= 0.6 is 9.24 Å². The molecule has 12 heteroatoms. The lowest BCUT2D eigenvalue weighted by Crippen LogP contribution is -2.34. The van der Waals surface area contributed by atoms with Crippen LogP contribution in [0.5, 0.6) is 0 Å². The van der Waals surface area contributed by atoms with E-state index in [-0.39, 0.29) is 11.1 Å². The van der Waals surface area contributed by atoms with E-state index in [0.29, 0.717) is 24.4 Å². The molecular formula is C20H20F5N6P. The summed E-state index contributed by atoms with van der Waals surface area (Å²) in [6.07, 6.45) is 0.386. The molecule has 170 valence electrons. The molecule has 3 aromatic rings. The maximum atomic E-state index is 13.3. The number of pyridine rings is 1. The first-order valence-electron chi connectivity index (χ1n) is 9.27. The molecule has 0 amide bonds. The van der Waals surface area contributed by atoms with E-state index in [0.717, 1.165) is 5.56 Å². The Labute approximate surface area is 182 Å². The summed E-state index contributed by atoms with van der Waals surface area (Å²) in [4.78, 5) is 8.38. The van der Waals surface area contributed by atoms with Gasteiger partial charge in [0.15, 0.2) is 5.70 Å². The Morgan fingerprint density at radius 3 is 2.31 bits per heavy atom. The molecule has 0 bridgehead atoms. The lowest BCUT2D eigenvalue weighted by atomic mass is 10.1. The van der Waals surface area contributed by atoms with Crippen molar-refractivity contribution in [3.8, 4) is 11.4 Å². The zero-order valence-electron chi connectivity index (χ0n) is 16.6. The number of imidazole rings is 1. The van der Waals surface area contributed by atoms with Crippen LogP contribution in [0.2, 0.25) is 0 Å². The number of halogens is 5. The maximum Gasteiger partial charge on any atom is 0.434 e. The van der Waals surface area contributed by atoms with Crippen molar-refractivity contribution in [2.75, 3.05) is 0 Å². The van der Waals surface area contributed by atoms with Crippen LogP contribution in [0.25, 0.3) is 17.1 Å². The average Bonchev–Trinajstić information content (AvgIpc) is 3.20. The molecule has 0 spiro atoms. The maximum absolute atomic E-state index is 13.3. The van der Waals surface area contributed by atoms with Gasteiger partial charge in [-0.25, -0.2) is 4.98 Å². The molecule has 0 radical (unpaired) electrons. The van der Waals surface area contributed by atoms with Crippen LogP contribution in [0.15, 0.2) is 60.8 Å². The predicted octanol–water partition coefficient (Wildman–Crippen LogP) is 3.77. The van der Waals surface area contributed by atoms with Gasteiger partial charge in [0, 0.05) is 30.1 Å². The van der Waals surface area contributed by atoms with Crippen molar-refractivity contribution in [2.24, 2.45) is 11.6 Å². The molecule has 0 saturated heterocycles. The molecule has 0 saturated carbocycles. The number of nitrogens with zero attached hydrogens (tertiary/aromatic N) is 3. The van der Waals surface area contributed by atoms with Crippen molar-refractivity contribution in [1.29, 1.82) is 0 Å². The fourth-order valence-electron chi connectivity index (χ4n) is 2.96. The van der Waals surface area contributed by atoms with Crippen LogP contribution in [-0.4, -0.2) is 20.7 Å². The first kappa shape index (κ1) is 23.6. The first-order chi connectivity index (χ1) is 15.0. The van der Waals surface area contributed by atoms with Gasteiger partial charge in [0.2, 0.25) is 0 Å². The summed E-state index contributed by atoms with van der Waals surface area (Å²) in [5.41, 5.74) is 4.07. The minimum Gasteiger partial charge on any atom is -0.397 e. The van der Waals surface area contributed by atoms with Crippen molar-refractivity contribution < 1.29 is 22.0 Å². The number of aromatic nitrogens is 3. The van der Waals surface area contributed by atoms with Gasteiger partial charge in [0.25, 0.3) is 5.66 Å². The Bertz CT molecular complexity index is 1100. The molecule has 6 nitrogen and oxygen atoms in total. The molecule has 5 N–H and O–H groups in total. The second kappa shape index (κ2) is 9.22. The summed E-state index contributed by atoms with van der Waals surface area (Å²) in [5, 5.41) is 0. The monoisotopic (exact) mass is 470 g/mol. The van der Waals surface area contributed by atoms with Crippen LogP contribution in [-0.2, 0) is 18.6 Å². The van der Waals surface area contributed by atoms with Crippen molar-refractivity contribution in [1.82, 2.24) is 20.0 Å². The van der Waals surface area contributed by atoms with Crippen LogP contribution in [0.3, 0.4) is 0 Å². The van der Waals surface area contributed by atoms with Crippen LogP contribution in [0, 0.1) is 0 Å². The number of alkyl halides is 5. The summed E-state index contributed by atoms with van der Waals surface area (Å²) in [7, 11) is 1.50. The minimum absolute atomic E-state index is 0.0841. The zero-order valence-corrected chi connectivity index (χ0v) is 17.7. The van der Waals surface area contributed by atoms with Gasteiger partial charge >= 0.3 is 6.18 Å². The number of rotatable bonds is 7. The third-order valence-corrected chi connectivity index (χ3v) is 4.99. The van der Waals surface area contributed by atoms with E-state index in [1.54, 1.807) is 34.6 Å². The Kier molecular flexibility index (Phi) is 6.80. The number of nitrogens with one attached hydrogen (secondary N) is 1. The third kappa shape index (κ3) is 5.60. The van der Waals surface area contributed by atoms with Gasteiger partial charge in [-0.15, -0.1) is 0 Å². The normalized spacial score (nSPS) is 13.1. The molecule has 0 aliphatic carbocycles. The summed E-state index contributed by atoms with van der Waals surface area (Å²) in [6, 6.07) is 8.73. The number of allylic oxidation sites excluding steroid dienone is 1. The molecule has 0 aliphatic rings. The van der Waals surface area contributed by atoms with E-state index in [1.807, 2.05) is 0 Å². The van der Waals surface area contributed by atoms with E-state index in [2.05, 4.69) is 9.97 Å². The summed E-state index contributed by atoms with van der Waals surface area (Å²) in [6.45, 7) is 0.515. The second-order valence-electron chi connectivity index (χ2n) is 6.93. The van der Waals surface area contributed by atoms with Gasteiger partial charge in [0.1, 0.15) is 5.69 Å². The number of hydrogen-bond donors (Lipinski definition) is 3. The van der Waals surface area contributed by atoms with Crippen LogP contribution < -0.4 is 17.0 Å². The Morgan fingerprint density at radius 1 is 1.03 bits per heavy atom. The SMILES string of the molecule is NN/C(=C(\N)c1ccnc(-c2cn(CCc3ccc(C(F)(F)P)cc3)cn2)c1)C(F)(F)F. The molecule has 32 heavy (non-hydrogen) atoms. The topological polar surface area (TPSA) is 94.8 Å². The van der Waals surface area contributed by atoms with E-state index >= 15 is 0 Å². The highest BCUT2D eigenvalue weighted by molar-refractivity contribution is 7.17. The number of hydrogen-bond acceptors (Lipinski definition) is 5. The number of hydrazine groups is 1. The van der Waals surface area contributed by atoms with Crippen molar-refractivity contribution in [2.45, 2.75) is 24.8 Å². The number of aryl methyl sites for hydroxylation is 2. The fourth-order valence-corrected chi connectivity index (χ4v) is 3.15. The highest BCUT2D eigenvalue weighted by Crippen LogP contribution is 2.34. The van der Waals surface area contributed by atoms with Crippen molar-refractivity contribution in [3.63, 3.8) is 0 Å². The average molecular weight is 470 g/mol. The quantitative estimate of drug-likeness (QED) is 0.212. The van der Waals surface area contributed by atoms with Gasteiger partial charge in [0.05, 0.1) is 17.7 Å². The minimum atomic E-state index is -4.74. The smallest absolute Gasteiger partial charge is 0.397 e. The largest absolute Gasteiger partial charge is 0.434 e. The molecule has 2 aromatic heterocycles. The molecule has 0 fully saturated rings. The Morgan fingerprint density at radius 2 is 1.72 bits per heavy atom. The lowest BCUT2D eigenvalue weighted by Gasteiger charge is -2.14. The standard InChI is InChI=1S/C20H20F5N6P/c21-19(22,23)18(30-27)17(26)13-5-7-28-15(9-13)16-10-31(11-29-16)8-6-12-1-3-14(4-2-12)20(24,25)32/h1-5,7,9-11,30H,6,8,26-27,32H2/b18-17-. The van der Waals surface area contributed by atoms with E-state index < -0.39 is 23.2 Å². The Hall–Kier alpha value is -3.04. The van der Waals surface area contributed by atoms with Crippen LogP contribution in [0.1, 0.15) is 16.7 Å². The molecule has 2 heterocycles. The molecule has 1 atom stereocenters. The van der Waals surface area contributed by atoms with Crippen molar-refractivity contribution >= 4 is 14.9 Å². The molecule has 1 unspecified atom stereocenters. The van der Waals surface area contributed by atoms with Gasteiger partial charge in [-0.05, 0) is 24.1 Å². The van der Waals surface area contributed by atoms with Crippen LogP contribution in [0.4, 0.5) is 22.0 Å². The number of benzene rings is 1. The number of nitrogens with two attached hydrogens (primary N) is 2. The third-order valence-electron chi connectivity index (χ3n) is 4.66. The summed E-state index contributed by atoms with van der Waals surface area (Å²) < 4.78 is 67.4.